The normalized spacial score (nSPS) is 18.3. The number of carbonyl (C=O) groups is 1. The lowest BCUT2D eigenvalue weighted by Gasteiger charge is -2.39. The highest BCUT2D eigenvalue weighted by molar-refractivity contribution is 5.72. The van der Waals surface area contributed by atoms with Crippen molar-refractivity contribution in [2.75, 3.05) is 13.1 Å². The molecule has 0 aromatic carbocycles. The standard InChI is InChI=1S/C17H27NO2.C4H10O/c1-6-7-15(14(13(2)3)12-16(19)20)18-10-8-17(4,5)9-11-18;1-4(2,3)5/h6-7H,2,8-12H2,1,3-5H3,(H,19,20);5H,1-3H3/b7-6-,15-14+;. The van der Waals surface area contributed by atoms with Crippen LogP contribution in [-0.2, 0) is 4.79 Å². The monoisotopic (exact) mass is 351 g/mol. The Morgan fingerprint density at radius 1 is 1.24 bits per heavy atom. The molecule has 4 heteroatoms. The number of nitrogens with zero attached hydrogens (tertiary/aromatic N) is 1. The smallest absolute Gasteiger partial charge is 0.307 e. The predicted octanol–water partition coefficient (Wildman–Crippen LogP) is 4.77. The molecule has 1 saturated heterocycles. The van der Waals surface area contributed by atoms with Gasteiger partial charge in [-0.2, -0.15) is 0 Å². The molecular weight excluding hydrogens is 314 g/mol. The van der Waals surface area contributed by atoms with E-state index < -0.39 is 11.6 Å². The number of carboxylic acid groups (broad SMARTS) is 1. The summed E-state index contributed by atoms with van der Waals surface area (Å²) in [6.45, 7) is 19.6. The van der Waals surface area contributed by atoms with Crippen molar-refractivity contribution in [1.82, 2.24) is 4.90 Å². The summed E-state index contributed by atoms with van der Waals surface area (Å²) in [4.78, 5) is 13.4. The molecule has 0 radical (unpaired) electrons. The number of hydrogen-bond donors (Lipinski definition) is 2. The third-order valence-electron chi connectivity index (χ3n) is 3.93. The van der Waals surface area contributed by atoms with Gasteiger partial charge < -0.3 is 15.1 Å². The first-order valence-electron chi connectivity index (χ1n) is 8.97. The quantitative estimate of drug-likeness (QED) is 0.701. The summed E-state index contributed by atoms with van der Waals surface area (Å²) in [6, 6.07) is 0. The Bertz CT molecular complexity index is 506. The van der Waals surface area contributed by atoms with Crippen LogP contribution in [0.3, 0.4) is 0 Å². The lowest BCUT2D eigenvalue weighted by molar-refractivity contribution is -0.136. The van der Waals surface area contributed by atoms with Gasteiger partial charge in [0.2, 0.25) is 0 Å². The number of aliphatic hydroxyl groups is 1. The summed E-state index contributed by atoms with van der Waals surface area (Å²) in [6.07, 6.45) is 6.29. The molecule has 0 aromatic heterocycles. The number of carboxylic acids is 1. The summed E-state index contributed by atoms with van der Waals surface area (Å²) in [5.74, 6) is -0.803. The van der Waals surface area contributed by atoms with Crippen LogP contribution < -0.4 is 0 Å². The molecule has 0 unspecified atom stereocenters. The summed E-state index contributed by atoms with van der Waals surface area (Å²) in [7, 11) is 0. The van der Waals surface area contributed by atoms with E-state index in [1.165, 1.54) is 0 Å². The minimum Gasteiger partial charge on any atom is -0.481 e. The number of piperidine rings is 1. The van der Waals surface area contributed by atoms with Gasteiger partial charge in [0.25, 0.3) is 0 Å². The second kappa shape index (κ2) is 9.81. The van der Waals surface area contributed by atoms with Gasteiger partial charge in [0, 0.05) is 18.8 Å². The molecule has 0 aromatic rings. The molecule has 25 heavy (non-hydrogen) atoms. The highest BCUT2D eigenvalue weighted by Crippen LogP contribution is 2.33. The second-order valence-corrected chi connectivity index (χ2v) is 8.54. The molecule has 2 N–H and O–H groups in total. The first-order valence-corrected chi connectivity index (χ1v) is 8.97. The Labute approximate surface area is 153 Å². The van der Waals surface area contributed by atoms with E-state index in [1.54, 1.807) is 20.8 Å². The largest absolute Gasteiger partial charge is 0.481 e. The molecule has 0 aliphatic carbocycles. The summed E-state index contributed by atoms with van der Waals surface area (Å²) < 4.78 is 0. The van der Waals surface area contributed by atoms with Crippen LogP contribution >= 0.6 is 0 Å². The third kappa shape index (κ3) is 10.8. The molecule has 1 fully saturated rings. The molecule has 1 aliphatic heterocycles. The Balaban J connectivity index is 0.00000101. The van der Waals surface area contributed by atoms with E-state index in [4.69, 9.17) is 10.2 Å². The molecule has 1 aliphatic rings. The van der Waals surface area contributed by atoms with Crippen molar-refractivity contribution in [3.05, 3.63) is 35.6 Å². The van der Waals surface area contributed by atoms with Crippen LogP contribution in [0.15, 0.2) is 35.6 Å². The van der Waals surface area contributed by atoms with Crippen molar-refractivity contribution in [3.63, 3.8) is 0 Å². The third-order valence-corrected chi connectivity index (χ3v) is 3.93. The number of allylic oxidation sites excluding steroid dienone is 3. The highest BCUT2D eigenvalue weighted by Gasteiger charge is 2.27. The minimum atomic E-state index is -0.803. The van der Waals surface area contributed by atoms with Gasteiger partial charge in [-0.15, -0.1) is 0 Å². The van der Waals surface area contributed by atoms with E-state index in [1.807, 2.05) is 26.0 Å². The fourth-order valence-electron chi connectivity index (χ4n) is 2.52. The van der Waals surface area contributed by atoms with E-state index >= 15 is 0 Å². The molecular formula is C21H37NO3. The predicted molar refractivity (Wildman–Crippen MR) is 105 cm³/mol. The number of aliphatic carboxylic acids is 1. The van der Waals surface area contributed by atoms with E-state index in [9.17, 15) is 4.79 Å². The SMILES string of the molecule is C=C(C)/C(CC(=O)O)=C(\C=C/C)N1CCC(C)(C)CC1.CC(C)(C)O. The molecule has 0 saturated carbocycles. The zero-order valence-electron chi connectivity index (χ0n) is 17.1. The van der Waals surface area contributed by atoms with Crippen molar-refractivity contribution in [2.45, 2.75) is 73.3 Å². The molecule has 144 valence electrons. The van der Waals surface area contributed by atoms with Gasteiger partial charge in [-0.3, -0.25) is 4.79 Å². The van der Waals surface area contributed by atoms with Gasteiger partial charge >= 0.3 is 5.97 Å². The van der Waals surface area contributed by atoms with Gasteiger partial charge in [0.1, 0.15) is 0 Å². The first kappa shape index (κ1) is 23.4. The average molecular weight is 352 g/mol. The maximum Gasteiger partial charge on any atom is 0.307 e. The summed E-state index contributed by atoms with van der Waals surface area (Å²) >= 11 is 0. The molecule has 0 spiro atoms. The zero-order chi connectivity index (χ0) is 19.8. The lowest BCUT2D eigenvalue weighted by Crippen LogP contribution is -2.37. The lowest BCUT2D eigenvalue weighted by atomic mass is 9.82. The van der Waals surface area contributed by atoms with Gasteiger partial charge in [0.15, 0.2) is 0 Å². The van der Waals surface area contributed by atoms with Crippen LogP contribution in [0.1, 0.15) is 67.7 Å². The fourth-order valence-corrected chi connectivity index (χ4v) is 2.52. The van der Waals surface area contributed by atoms with Crippen LogP contribution in [0.4, 0.5) is 0 Å². The molecule has 0 bridgehead atoms. The fraction of sp³-hybridized carbons (Fsp3) is 0.667. The van der Waals surface area contributed by atoms with Crippen LogP contribution in [0, 0.1) is 5.41 Å². The van der Waals surface area contributed by atoms with Gasteiger partial charge in [-0.1, -0.05) is 32.1 Å². The maximum atomic E-state index is 11.1. The van der Waals surface area contributed by atoms with Crippen molar-refractivity contribution in [3.8, 4) is 0 Å². The van der Waals surface area contributed by atoms with Crippen LogP contribution in [-0.4, -0.2) is 39.8 Å². The van der Waals surface area contributed by atoms with E-state index in [2.05, 4.69) is 25.3 Å². The molecule has 4 nitrogen and oxygen atoms in total. The van der Waals surface area contributed by atoms with Crippen molar-refractivity contribution >= 4 is 5.97 Å². The Hall–Kier alpha value is -1.55. The number of rotatable bonds is 5. The number of likely N-dealkylation sites (tertiary alicyclic amines) is 1. The van der Waals surface area contributed by atoms with Gasteiger partial charge in [-0.05, 0) is 64.5 Å². The molecule has 0 atom stereocenters. The Morgan fingerprint density at radius 3 is 2.00 bits per heavy atom. The van der Waals surface area contributed by atoms with E-state index in [-0.39, 0.29) is 6.42 Å². The Kier molecular flexibility index (Phi) is 9.20. The first-order chi connectivity index (χ1) is 11.3. The number of hydrogen-bond acceptors (Lipinski definition) is 3. The second-order valence-electron chi connectivity index (χ2n) is 8.54. The van der Waals surface area contributed by atoms with Gasteiger partial charge in [-0.25, -0.2) is 0 Å². The Morgan fingerprint density at radius 2 is 1.68 bits per heavy atom. The van der Waals surface area contributed by atoms with E-state index in [0.29, 0.717) is 5.41 Å². The maximum absolute atomic E-state index is 11.1. The van der Waals surface area contributed by atoms with Gasteiger partial charge in [0.05, 0.1) is 12.0 Å². The van der Waals surface area contributed by atoms with Crippen LogP contribution in [0.25, 0.3) is 0 Å². The van der Waals surface area contributed by atoms with Crippen molar-refractivity contribution in [2.24, 2.45) is 5.41 Å². The molecule has 1 rings (SSSR count). The average Bonchev–Trinajstić information content (AvgIpc) is 2.41. The summed E-state index contributed by atoms with van der Waals surface area (Å²) in [5.41, 5.74) is 2.59. The minimum absolute atomic E-state index is 0.0366. The van der Waals surface area contributed by atoms with Crippen molar-refractivity contribution < 1.29 is 15.0 Å². The zero-order valence-corrected chi connectivity index (χ0v) is 17.1. The highest BCUT2D eigenvalue weighted by atomic mass is 16.4. The van der Waals surface area contributed by atoms with Crippen LogP contribution in [0.2, 0.25) is 0 Å². The summed E-state index contributed by atoms with van der Waals surface area (Å²) in [5, 5.41) is 17.6. The van der Waals surface area contributed by atoms with E-state index in [0.717, 1.165) is 42.8 Å². The molecule has 0 amide bonds. The molecule has 1 heterocycles. The van der Waals surface area contributed by atoms with Crippen LogP contribution in [0.5, 0.6) is 0 Å². The topological polar surface area (TPSA) is 60.8 Å². The van der Waals surface area contributed by atoms with Crippen molar-refractivity contribution in [1.29, 1.82) is 0 Å².